The molecular formula is C32H41ClN4O6. The molecule has 3 rings (SSSR count). The van der Waals surface area contributed by atoms with Crippen molar-refractivity contribution in [3.63, 3.8) is 0 Å². The van der Waals surface area contributed by atoms with Crippen LogP contribution in [0.25, 0.3) is 0 Å². The van der Waals surface area contributed by atoms with Crippen molar-refractivity contribution in [2.45, 2.75) is 79.3 Å². The minimum Gasteiger partial charge on any atom is -0.489 e. The van der Waals surface area contributed by atoms with Crippen molar-refractivity contribution in [2.75, 3.05) is 13.2 Å². The first-order valence-electron chi connectivity index (χ1n) is 14.1. The highest BCUT2D eigenvalue weighted by Gasteiger charge is 2.64. The largest absolute Gasteiger partial charge is 0.489 e. The van der Waals surface area contributed by atoms with Gasteiger partial charge >= 0.3 is 6.09 Å². The molecule has 2 aromatic carbocycles. The third-order valence-corrected chi connectivity index (χ3v) is 7.65. The van der Waals surface area contributed by atoms with E-state index in [0.717, 1.165) is 0 Å². The molecule has 1 aliphatic rings. The molecule has 3 N–H and O–H groups in total. The van der Waals surface area contributed by atoms with Crippen LogP contribution in [0.15, 0.2) is 42.5 Å². The summed E-state index contributed by atoms with van der Waals surface area (Å²) in [6, 6.07) is 13.3. The number of nitriles is 1. The van der Waals surface area contributed by atoms with Gasteiger partial charge in [0.1, 0.15) is 30.8 Å². The Labute approximate surface area is 258 Å². The fourth-order valence-electron chi connectivity index (χ4n) is 5.69. The average Bonchev–Trinajstić information content (AvgIpc) is 2.91. The molecule has 0 aromatic heterocycles. The Bertz CT molecular complexity index is 1380. The zero-order chi connectivity index (χ0) is 32.2. The highest BCUT2D eigenvalue weighted by Crippen LogP contribution is 2.55. The number of ether oxygens (including phenoxy) is 3. The molecule has 11 heteroatoms. The zero-order valence-corrected chi connectivity index (χ0v) is 26.7. The molecule has 1 atom stereocenters. The quantitative estimate of drug-likeness (QED) is 0.240. The first-order chi connectivity index (χ1) is 20.0. The van der Waals surface area contributed by atoms with Gasteiger partial charge in [0.15, 0.2) is 0 Å². The Balaban J connectivity index is 1.61. The van der Waals surface area contributed by atoms with Crippen molar-refractivity contribution in [3.8, 4) is 11.8 Å². The van der Waals surface area contributed by atoms with Gasteiger partial charge in [0.2, 0.25) is 0 Å². The number of rotatable bonds is 10. The molecule has 3 amide bonds. The fraction of sp³-hybridized carbons (Fsp3) is 0.500. The first kappa shape index (κ1) is 33.7. The Morgan fingerprint density at radius 2 is 1.60 bits per heavy atom. The van der Waals surface area contributed by atoms with E-state index in [1.165, 1.54) is 0 Å². The summed E-state index contributed by atoms with van der Waals surface area (Å²) in [6.07, 6.45) is -1.52. The predicted octanol–water partition coefficient (Wildman–Crippen LogP) is 5.44. The van der Waals surface area contributed by atoms with Crippen LogP contribution in [0, 0.1) is 22.2 Å². The van der Waals surface area contributed by atoms with E-state index in [2.05, 4.69) is 16.0 Å². The standard InChI is InChI=1S/C32H41ClN4O6/c1-19(41-15-16-42-29(40)37-30(2,3)4)35-25(38)22-11-9-10-12-23(22)26(39)36-27-31(5,6)28(32(27,7)8)43-21-14-13-20(18-34)24(33)17-21/h9-14,17,19,27-28H,15-16H2,1-8H3,(H,35,38)(H,36,39)(H,37,40). The summed E-state index contributed by atoms with van der Waals surface area (Å²) in [7, 11) is 0. The molecule has 10 nitrogen and oxygen atoms in total. The van der Waals surface area contributed by atoms with Gasteiger partial charge in [-0.3, -0.25) is 9.59 Å². The second-order valence-electron chi connectivity index (χ2n) is 12.8. The van der Waals surface area contributed by atoms with Gasteiger partial charge in [0.05, 0.1) is 28.3 Å². The molecule has 2 aromatic rings. The third-order valence-electron chi connectivity index (χ3n) is 7.34. The highest BCUT2D eigenvalue weighted by atomic mass is 35.5. The van der Waals surface area contributed by atoms with Crippen molar-refractivity contribution >= 4 is 29.5 Å². The molecule has 0 bridgehead atoms. The van der Waals surface area contributed by atoms with Gasteiger partial charge in [-0.1, -0.05) is 51.4 Å². The minimum atomic E-state index is -0.698. The topological polar surface area (TPSA) is 139 Å². The summed E-state index contributed by atoms with van der Waals surface area (Å²) in [5.41, 5.74) is -0.560. The summed E-state index contributed by atoms with van der Waals surface area (Å²) in [5, 5.41) is 18.0. The van der Waals surface area contributed by atoms with Crippen LogP contribution in [0.4, 0.5) is 4.79 Å². The fourth-order valence-corrected chi connectivity index (χ4v) is 5.90. The Hall–Kier alpha value is -3.81. The smallest absolute Gasteiger partial charge is 0.407 e. The summed E-state index contributed by atoms with van der Waals surface area (Å²) in [4.78, 5) is 38.4. The lowest BCUT2D eigenvalue weighted by Gasteiger charge is -2.63. The Morgan fingerprint density at radius 1 is 1.00 bits per heavy atom. The van der Waals surface area contributed by atoms with E-state index in [9.17, 15) is 14.4 Å². The minimum absolute atomic E-state index is 0.0109. The number of hydrogen-bond acceptors (Lipinski definition) is 7. The van der Waals surface area contributed by atoms with E-state index in [4.69, 9.17) is 31.1 Å². The lowest BCUT2D eigenvalue weighted by molar-refractivity contribution is -0.164. The van der Waals surface area contributed by atoms with Crippen LogP contribution in [0.5, 0.6) is 5.75 Å². The number of amides is 3. The number of nitrogens with one attached hydrogen (secondary N) is 3. The van der Waals surface area contributed by atoms with Crippen molar-refractivity contribution in [1.29, 1.82) is 5.26 Å². The molecule has 0 spiro atoms. The number of nitrogens with zero attached hydrogens (tertiary/aromatic N) is 1. The number of carbonyl (C=O) groups excluding carboxylic acids is 3. The molecule has 1 unspecified atom stereocenters. The van der Waals surface area contributed by atoms with Gasteiger partial charge < -0.3 is 30.2 Å². The van der Waals surface area contributed by atoms with Gasteiger partial charge in [0, 0.05) is 28.5 Å². The van der Waals surface area contributed by atoms with Crippen LogP contribution in [0.1, 0.15) is 81.7 Å². The maximum absolute atomic E-state index is 13.5. The molecule has 232 valence electrons. The number of benzene rings is 2. The van der Waals surface area contributed by atoms with E-state index in [-0.39, 0.29) is 42.4 Å². The monoisotopic (exact) mass is 612 g/mol. The molecule has 0 aliphatic heterocycles. The average molecular weight is 613 g/mol. The van der Waals surface area contributed by atoms with E-state index in [1.807, 2.05) is 54.5 Å². The second-order valence-corrected chi connectivity index (χ2v) is 13.3. The van der Waals surface area contributed by atoms with Gasteiger partial charge in [0.25, 0.3) is 11.8 Å². The van der Waals surface area contributed by atoms with Crippen LogP contribution in [0.2, 0.25) is 5.02 Å². The van der Waals surface area contributed by atoms with Crippen molar-refractivity contribution in [1.82, 2.24) is 16.0 Å². The maximum atomic E-state index is 13.5. The third kappa shape index (κ3) is 8.18. The van der Waals surface area contributed by atoms with E-state index < -0.39 is 34.6 Å². The van der Waals surface area contributed by atoms with Crippen molar-refractivity contribution in [2.24, 2.45) is 10.8 Å². The van der Waals surface area contributed by atoms with Gasteiger partial charge in [-0.2, -0.15) is 5.26 Å². The van der Waals surface area contributed by atoms with Gasteiger partial charge in [-0.25, -0.2) is 4.79 Å². The Morgan fingerprint density at radius 3 is 2.16 bits per heavy atom. The predicted molar refractivity (Wildman–Crippen MR) is 163 cm³/mol. The van der Waals surface area contributed by atoms with E-state index >= 15 is 0 Å². The van der Waals surface area contributed by atoms with Crippen molar-refractivity contribution in [3.05, 3.63) is 64.2 Å². The normalized spacial score (nSPS) is 19.2. The van der Waals surface area contributed by atoms with Crippen LogP contribution in [0.3, 0.4) is 0 Å². The number of alkyl carbamates (subject to hydrolysis) is 1. The van der Waals surface area contributed by atoms with Crippen LogP contribution < -0.4 is 20.7 Å². The highest BCUT2D eigenvalue weighted by molar-refractivity contribution is 6.31. The lowest BCUT2D eigenvalue weighted by atomic mass is 9.49. The van der Waals surface area contributed by atoms with Crippen LogP contribution >= 0.6 is 11.6 Å². The van der Waals surface area contributed by atoms with Gasteiger partial charge in [-0.05, 0) is 52.0 Å². The first-order valence-corrected chi connectivity index (χ1v) is 14.5. The zero-order valence-electron chi connectivity index (χ0n) is 26.0. The Kier molecular flexibility index (Phi) is 10.4. The molecule has 43 heavy (non-hydrogen) atoms. The van der Waals surface area contributed by atoms with E-state index in [1.54, 1.807) is 49.4 Å². The van der Waals surface area contributed by atoms with Crippen LogP contribution in [-0.4, -0.2) is 55.0 Å². The van der Waals surface area contributed by atoms with E-state index in [0.29, 0.717) is 16.3 Å². The van der Waals surface area contributed by atoms with Crippen LogP contribution in [-0.2, 0) is 9.47 Å². The molecule has 0 saturated heterocycles. The van der Waals surface area contributed by atoms with Crippen molar-refractivity contribution < 1.29 is 28.6 Å². The summed E-state index contributed by atoms with van der Waals surface area (Å²) in [5.74, 6) is -0.322. The second kappa shape index (κ2) is 13.2. The number of carbonyl (C=O) groups is 3. The molecular weight excluding hydrogens is 572 g/mol. The summed E-state index contributed by atoms with van der Waals surface area (Å²) >= 11 is 6.20. The SMILES string of the molecule is CC(NC(=O)c1ccccc1C(=O)NC1C(C)(C)C(Oc2ccc(C#N)c(Cl)c2)C1(C)C)OCCOC(=O)NC(C)(C)C. The summed E-state index contributed by atoms with van der Waals surface area (Å²) < 4.78 is 17.0. The molecule has 1 saturated carbocycles. The molecule has 0 heterocycles. The maximum Gasteiger partial charge on any atom is 0.407 e. The number of halogens is 1. The molecule has 1 fully saturated rings. The lowest BCUT2D eigenvalue weighted by Crippen LogP contribution is -2.74. The van der Waals surface area contributed by atoms with Gasteiger partial charge in [-0.15, -0.1) is 0 Å². The molecule has 0 radical (unpaired) electrons. The summed E-state index contributed by atoms with van der Waals surface area (Å²) in [6.45, 7) is 15.3. The number of hydrogen-bond donors (Lipinski definition) is 3. The molecule has 1 aliphatic carbocycles.